The monoisotopic (exact) mass is 372 g/mol. The fourth-order valence-electron chi connectivity index (χ4n) is 2.92. The molecule has 1 fully saturated rings. The summed E-state index contributed by atoms with van der Waals surface area (Å²) in [6.07, 6.45) is 2.28. The van der Waals surface area contributed by atoms with Crippen LogP contribution in [0.3, 0.4) is 0 Å². The second kappa shape index (κ2) is 9.40. The standard InChI is InChI=1S/C18H25ClN2O2.ClH/c1-3-12(2)16(20)18(23)21-10-8-14(9-11-21)17(22)13-4-6-15(19)7-5-13;/h4-7,12,14,16H,3,8-11,20H2,1-2H3;1H. The Balaban J connectivity index is 0.00000288. The largest absolute Gasteiger partial charge is 0.341 e. The third kappa shape index (κ3) is 4.95. The lowest BCUT2D eigenvalue weighted by atomic mass is 9.88. The molecule has 0 aromatic heterocycles. The van der Waals surface area contributed by atoms with E-state index >= 15 is 0 Å². The molecule has 6 heteroatoms. The van der Waals surface area contributed by atoms with Gasteiger partial charge in [-0.25, -0.2) is 0 Å². The molecule has 2 unspecified atom stereocenters. The van der Waals surface area contributed by atoms with E-state index in [0.29, 0.717) is 36.5 Å². The average Bonchev–Trinajstić information content (AvgIpc) is 2.60. The van der Waals surface area contributed by atoms with E-state index in [-0.39, 0.29) is 35.9 Å². The predicted molar refractivity (Wildman–Crippen MR) is 99.8 cm³/mol. The van der Waals surface area contributed by atoms with Crippen LogP contribution in [-0.4, -0.2) is 35.7 Å². The van der Waals surface area contributed by atoms with E-state index in [9.17, 15) is 9.59 Å². The molecule has 0 saturated carbocycles. The van der Waals surface area contributed by atoms with Gasteiger partial charge in [0.1, 0.15) is 0 Å². The van der Waals surface area contributed by atoms with Crippen molar-refractivity contribution in [2.45, 2.75) is 39.2 Å². The molecule has 1 amide bonds. The fourth-order valence-corrected chi connectivity index (χ4v) is 3.05. The second-order valence-electron chi connectivity index (χ2n) is 6.38. The number of likely N-dealkylation sites (tertiary alicyclic amines) is 1. The number of piperidine rings is 1. The van der Waals surface area contributed by atoms with Crippen LogP contribution in [0.4, 0.5) is 0 Å². The lowest BCUT2D eigenvalue weighted by Gasteiger charge is -2.34. The zero-order valence-corrected chi connectivity index (χ0v) is 15.8. The molecule has 0 radical (unpaired) electrons. The summed E-state index contributed by atoms with van der Waals surface area (Å²) in [5.41, 5.74) is 6.72. The fraction of sp³-hybridized carbons (Fsp3) is 0.556. The van der Waals surface area contributed by atoms with Gasteiger partial charge in [0.2, 0.25) is 5.91 Å². The maximum absolute atomic E-state index is 12.5. The molecule has 1 aliphatic heterocycles. The van der Waals surface area contributed by atoms with Gasteiger partial charge in [0.15, 0.2) is 5.78 Å². The topological polar surface area (TPSA) is 63.4 Å². The van der Waals surface area contributed by atoms with Crippen molar-refractivity contribution in [1.82, 2.24) is 4.90 Å². The predicted octanol–water partition coefficient (Wildman–Crippen LogP) is 3.56. The van der Waals surface area contributed by atoms with Crippen molar-refractivity contribution in [3.05, 3.63) is 34.9 Å². The van der Waals surface area contributed by atoms with Crippen molar-refractivity contribution >= 4 is 35.7 Å². The van der Waals surface area contributed by atoms with Crippen LogP contribution in [0.25, 0.3) is 0 Å². The molecule has 1 saturated heterocycles. The van der Waals surface area contributed by atoms with Crippen molar-refractivity contribution in [1.29, 1.82) is 0 Å². The van der Waals surface area contributed by atoms with Gasteiger partial charge in [0.25, 0.3) is 0 Å². The Bertz CT molecular complexity index is 555. The molecule has 1 aromatic carbocycles. The third-order valence-electron chi connectivity index (χ3n) is 4.85. The summed E-state index contributed by atoms with van der Waals surface area (Å²) in [6.45, 7) is 5.24. The Labute approximate surface area is 155 Å². The van der Waals surface area contributed by atoms with Crippen LogP contribution in [0.2, 0.25) is 5.02 Å². The molecule has 0 bridgehead atoms. The van der Waals surface area contributed by atoms with E-state index in [1.54, 1.807) is 24.3 Å². The van der Waals surface area contributed by atoms with Gasteiger partial charge in [-0.2, -0.15) is 0 Å². The van der Waals surface area contributed by atoms with Gasteiger partial charge in [-0.05, 0) is 43.0 Å². The van der Waals surface area contributed by atoms with Crippen LogP contribution >= 0.6 is 24.0 Å². The number of halogens is 2. The number of hydrogen-bond acceptors (Lipinski definition) is 3. The highest BCUT2D eigenvalue weighted by atomic mass is 35.5. The number of hydrogen-bond donors (Lipinski definition) is 1. The van der Waals surface area contributed by atoms with E-state index in [2.05, 4.69) is 0 Å². The van der Waals surface area contributed by atoms with Gasteiger partial charge in [-0.15, -0.1) is 12.4 Å². The number of amides is 1. The zero-order valence-electron chi connectivity index (χ0n) is 14.2. The Hall–Kier alpha value is -1.10. The summed E-state index contributed by atoms with van der Waals surface area (Å²) >= 11 is 5.86. The van der Waals surface area contributed by atoms with Crippen LogP contribution in [0.1, 0.15) is 43.5 Å². The number of nitrogens with zero attached hydrogens (tertiary/aromatic N) is 1. The van der Waals surface area contributed by atoms with Crippen LogP contribution in [0.15, 0.2) is 24.3 Å². The van der Waals surface area contributed by atoms with Gasteiger partial charge >= 0.3 is 0 Å². The summed E-state index contributed by atoms with van der Waals surface area (Å²) in [5, 5.41) is 0.626. The molecule has 1 heterocycles. The van der Waals surface area contributed by atoms with E-state index in [1.165, 1.54) is 0 Å². The Morgan fingerprint density at radius 1 is 1.25 bits per heavy atom. The third-order valence-corrected chi connectivity index (χ3v) is 5.10. The minimum Gasteiger partial charge on any atom is -0.341 e. The smallest absolute Gasteiger partial charge is 0.239 e. The molecule has 2 N–H and O–H groups in total. The normalized spacial score (nSPS) is 17.8. The summed E-state index contributed by atoms with van der Waals surface area (Å²) in [5.74, 6) is 0.299. The van der Waals surface area contributed by atoms with E-state index in [1.807, 2.05) is 18.7 Å². The summed E-state index contributed by atoms with van der Waals surface area (Å²) < 4.78 is 0. The quantitative estimate of drug-likeness (QED) is 0.803. The lowest BCUT2D eigenvalue weighted by Crippen LogP contribution is -2.50. The van der Waals surface area contributed by atoms with Gasteiger partial charge in [-0.3, -0.25) is 9.59 Å². The summed E-state index contributed by atoms with van der Waals surface area (Å²) in [4.78, 5) is 26.7. The Morgan fingerprint density at radius 2 is 1.79 bits per heavy atom. The lowest BCUT2D eigenvalue weighted by molar-refractivity contribution is -0.135. The van der Waals surface area contributed by atoms with E-state index in [4.69, 9.17) is 17.3 Å². The molecule has 134 valence electrons. The van der Waals surface area contributed by atoms with Crippen LogP contribution in [0, 0.1) is 11.8 Å². The second-order valence-corrected chi connectivity index (χ2v) is 6.82. The van der Waals surface area contributed by atoms with Crippen molar-refractivity contribution in [2.24, 2.45) is 17.6 Å². The molecule has 4 nitrogen and oxygen atoms in total. The van der Waals surface area contributed by atoms with Crippen LogP contribution < -0.4 is 5.73 Å². The summed E-state index contributed by atoms with van der Waals surface area (Å²) in [6, 6.07) is 6.56. The van der Waals surface area contributed by atoms with E-state index < -0.39 is 6.04 Å². The molecule has 0 aliphatic carbocycles. The maximum atomic E-state index is 12.5. The molecule has 0 spiro atoms. The highest BCUT2D eigenvalue weighted by molar-refractivity contribution is 6.30. The Kier molecular flexibility index (Phi) is 8.20. The maximum Gasteiger partial charge on any atom is 0.239 e. The van der Waals surface area contributed by atoms with Crippen LogP contribution in [0.5, 0.6) is 0 Å². The number of Topliss-reactive ketones (excluding diaryl/α,β-unsaturated/α-hetero) is 1. The molecular weight excluding hydrogens is 347 g/mol. The van der Waals surface area contributed by atoms with Crippen LogP contribution in [-0.2, 0) is 4.79 Å². The Morgan fingerprint density at radius 3 is 2.29 bits per heavy atom. The number of benzene rings is 1. The number of ketones is 1. The van der Waals surface area contributed by atoms with Crippen molar-refractivity contribution in [3.8, 4) is 0 Å². The van der Waals surface area contributed by atoms with Gasteiger partial charge < -0.3 is 10.6 Å². The van der Waals surface area contributed by atoms with Crippen molar-refractivity contribution in [3.63, 3.8) is 0 Å². The molecular formula is C18H26Cl2N2O2. The molecule has 2 atom stereocenters. The average molecular weight is 373 g/mol. The highest BCUT2D eigenvalue weighted by Crippen LogP contribution is 2.23. The first-order valence-corrected chi connectivity index (χ1v) is 8.66. The molecule has 1 aliphatic rings. The first-order chi connectivity index (χ1) is 10.9. The van der Waals surface area contributed by atoms with E-state index in [0.717, 1.165) is 6.42 Å². The molecule has 1 aromatic rings. The first kappa shape index (κ1) is 20.9. The molecule has 2 rings (SSSR count). The first-order valence-electron chi connectivity index (χ1n) is 8.28. The number of nitrogens with two attached hydrogens (primary N) is 1. The SMILES string of the molecule is CCC(C)C(N)C(=O)N1CCC(C(=O)c2ccc(Cl)cc2)CC1.Cl. The van der Waals surface area contributed by atoms with Crippen molar-refractivity contribution in [2.75, 3.05) is 13.1 Å². The van der Waals surface area contributed by atoms with Crippen molar-refractivity contribution < 1.29 is 9.59 Å². The highest BCUT2D eigenvalue weighted by Gasteiger charge is 2.31. The van der Waals surface area contributed by atoms with Gasteiger partial charge in [-0.1, -0.05) is 31.9 Å². The van der Waals surface area contributed by atoms with Gasteiger partial charge in [0, 0.05) is 29.6 Å². The number of carbonyl (C=O) groups is 2. The van der Waals surface area contributed by atoms with Gasteiger partial charge in [0.05, 0.1) is 6.04 Å². The minimum atomic E-state index is -0.441. The minimum absolute atomic E-state index is 0. The summed E-state index contributed by atoms with van der Waals surface area (Å²) in [7, 11) is 0. The zero-order chi connectivity index (χ0) is 17.0. The number of rotatable bonds is 5. The number of carbonyl (C=O) groups excluding carboxylic acids is 2. The molecule has 24 heavy (non-hydrogen) atoms.